The van der Waals surface area contributed by atoms with E-state index in [1.807, 2.05) is 24.3 Å². The molecule has 5 heteroatoms. The summed E-state index contributed by atoms with van der Waals surface area (Å²) in [4.78, 5) is 12.4. The van der Waals surface area contributed by atoms with E-state index in [9.17, 15) is 9.90 Å². The van der Waals surface area contributed by atoms with Gasteiger partial charge in [0.2, 0.25) is 0 Å². The highest BCUT2D eigenvalue weighted by Gasteiger charge is 2.13. The van der Waals surface area contributed by atoms with Crippen molar-refractivity contribution in [1.82, 2.24) is 0 Å². The largest absolute Gasteiger partial charge is 0.507 e. The second kappa shape index (κ2) is 8.60. The SMILES string of the molecule is CC(COc1cccc(NC(=O)c2cc(Cl)ccc2O)c1)c1ccccc1. The number of anilines is 1. The van der Waals surface area contributed by atoms with E-state index >= 15 is 0 Å². The van der Waals surface area contributed by atoms with Crippen molar-refractivity contribution >= 4 is 23.2 Å². The third-order valence-corrected chi connectivity index (χ3v) is 4.40. The van der Waals surface area contributed by atoms with Crippen molar-refractivity contribution in [1.29, 1.82) is 0 Å². The van der Waals surface area contributed by atoms with Crippen molar-refractivity contribution in [3.8, 4) is 11.5 Å². The van der Waals surface area contributed by atoms with Crippen molar-refractivity contribution < 1.29 is 14.6 Å². The van der Waals surface area contributed by atoms with Gasteiger partial charge in [-0.1, -0.05) is 54.9 Å². The first-order valence-electron chi connectivity index (χ1n) is 8.60. The number of hydrogen-bond acceptors (Lipinski definition) is 3. The van der Waals surface area contributed by atoms with Crippen LogP contribution in [0.4, 0.5) is 5.69 Å². The Hall–Kier alpha value is -2.98. The second-order valence-corrected chi connectivity index (χ2v) is 6.70. The normalized spacial score (nSPS) is 11.6. The third kappa shape index (κ3) is 5.02. The maximum Gasteiger partial charge on any atom is 0.259 e. The minimum atomic E-state index is -0.440. The molecular formula is C22H20ClNO3. The zero-order valence-corrected chi connectivity index (χ0v) is 15.6. The number of amides is 1. The number of carbonyl (C=O) groups excluding carboxylic acids is 1. The number of halogens is 1. The van der Waals surface area contributed by atoms with Gasteiger partial charge in [0, 0.05) is 22.7 Å². The molecule has 0 aliphatic heterocycles. The lowest BCUT2D eigenvalue weighted by Gasteiger charge is -2.14. The van der Waals surface area contributed by atoms with Crippen molar-refractivity contribution in [2.75, 3.05) is 11.9 Å². The molecule has 0 fully saturated rings. The van der Waals surface area contributed by atoms with Gasteiger partial charge >= 0.3 is 0 Å². The average Bonchev–Trinajstić information content (AvgIpc) is 2.69. The van der Waals surface area contributed by atoms with Crippen LogP contribution in [0.3, 0.4) is 0 Å². The summed E-state index contributed by atoms with van der Waals surface area (Å²) in [5.74, 6) is 0.338. The quantitative estimate of drug-likeness (QED) is 0.594. The molecule has 0 bridgehead atoms. The number of ether oxygens (including phenoxy) is 1. The molecule has 1 amide bonds. The Kier molecular flexibility index (Phi) is 5.99. The van der Waals surface area contributed by atoms with Crippen molar-refractivity contribution in [2.45, 2.75) is 12.8 Å². The minimum absolute atomic E-state index is 0.117. The fourth-order valence-electron chi connectivity index (χ4n) is 2.65. The van der Waals surface area contributed by atoms with Gasteiger partial charge in [-0.25, -0.2) is 0 Å². The predicted octanol–water partition coefficient (Wildman–Crippen LogP) is 5.48. The highest BCUT2D eigenvalue weighted by Crippen LogP contribution is 2.24. The van der Waals surface area contributed by atoms with Gasteiger partial charge in [-0.15, -0.1) is 0 Å². The van der Waals surface area contributed by atoms with E-state index in [4.69, 9.17) is 16.3 Å². The molecule has 27 heavy (non-hydrogen) atoms. The zero-order valence-electron chi connectivity index (χ0n) is 14.9. The number of hydrogen-bond donors (Lipinski definition) is 2. The lowest BCUT2D eigenvalue weighted by atomic mass is 10.0. The van der Waals surface area contributed by atoms with E-state index in [0.29, 0.717) is 23.1 Å². The van der Waals surface area contributed by atoms with Crippen LogP contribution >= 0.6 is 11.6 Å². The fourth-order valence-corrected chi connectivity index (χ4v) is 2.82. The van der Waals surface area contributed by atoms with E-state index in [0.717, 1.165) is 0 Å². The van der Waals surface area contributed by atoms with Gasteiger partial charge in [-0.3, -0.25) is 4.79 Å². The van der Waals surface area contributed by atoms with E-state index in [2.05, 4.69) is 24.4 Å². The summed E-state index contributed by atoms with van der Waals surface area (Å²) >= 11 is 5.90. The van der Waals surface area contributed by atoms with Crippen LogP contribution < -0.4 is 10.1 Å². The van der Waals surface area contributed by atoms with Crippen LogP contribution in [-0.4, -0.2) is 17.6 Å². The molecule has 3 aromatic rings. The summed E-state index contributed by atoms with van der Waals surface area (Å²) in [7, 11) is 0. The predicted molar refractivity (Wildman–Crippen MR) is 108 cm³/mol. The maximum atomic E-state index is 12.4. The van der Waals surface area contributed by atoms with Crippen molar-refractivity contribution in [2.24, 2.45) is 0 Å². The maximum absolute atomic E-state index is 12.4. The minimum Gasteiger partial charge on any atom is -0.507 e. The Balaban J connectivity index is 1.65. The van der Waals surface area contributed by atoms with Crippen molar-refractivity contribution in [3.05, 3.63) is 88.9 Å². The summed E-state index contributed by atoms with van der Waals surface area (Å²) in [6.45, 7) is 2.62. The first kappa shape index (κ1) is 18.8. The van der Waals surface area contributed by atoms with Crippen LogP contribution in [0.15, 0.2) is 72.8 Å². The van der Waals surface area contributed by atoms with Gasteiger partial charge in [0.15, 0.2) is 0 Å². The molecule has 4 nitrogen and oxygen atoms in total. The van der Waals surface area contributed by atoms with Crippen LogP contribution in [0.5, 0.6) is 11.5 Å². The molecule has 3 aromatic carbocycles. The molecule has 1 unspecified atom stereocenters. The molecule has 0 aliphatic carbocycles. The summed E-state index contributed by atoms with van der Waals surface area (Å²) in [6, 6.07) is 21.6. The number of nitrogens with one attached hydrogen (secondary N) is 1. The topological polar surface area (TPSA) is 58.6 Å². The molecule has 2 N–H and O–H groups in total. The molecule has 0 saturated heterocycles. The van der Waals surface area contributed by atoms with E-state index < -0.39 is 5.91 Å². The Morgan fingerprint density at radius 1 is 1.07 bits per heavy atom. The lowest BCUT2D eigenvalue weighted by molar-refractivity contribution is 0.102. The van der Waals surface area contributed by atoms with Gasteiger partial charge < -0.3 is 15.2 Å². The van der Waals surface area contributed by atoms with E-state index in [-0.39, 0.29) is 17.2 Å². The molecule has 138 valence electrons. The number of benzene rings is 3. The molecule has 0 radical (unpaired) electrons. The average molecular weight is 382 g/mol. The zero-order chi connectivity index (χ0) is 19.2. The van der Waals surface area contributed by atoms with Crippen LogP contribution in [0.1, 0.15) is 28.8 Å². The smallest absolute Gasteiger partial charge is 0.259 e. The Morgan fingerprint density at radius 3 is 2.63 bits per heavy atom. The molecule has 0 spiro atoms. The van der Waals surface area contributed by atoms with Crippen molar-refractivity contribution in [3.63, 3.8) is 0 Å². The third-order valence-electron chi connectivity index (χ3n) is 4.16. The number of phenols is 1. The Bertz CT molecular complexity index is 928. The molecular weight excluding hydrogens is 362 g/mol. The van der Waals surface area contributed by atoms with Crippen LogP contribution in [0, 0.1) is 0 Å². The van der Waals surface area contributed by atoms with Gasteiger partial charge in [0.1, 0.15) is 11.5 Å². The highest BCUT2D eigenvalue weighted by atomic mass is 35.5. The van der Waals surface area contributed by atoms with E-state index in [1.54, 1.807) is 18.2 Å². The van der Waals surface area contributed by atoms with Gasteiger partial charge in [-0.05, 0) is 35.9 Å². The molecule has 3 rings (SSSR count). The molecule has 0 aliphatic rings. The van der Waals surface area contributed by atoms with Gasteiger partial charge in [0.25, 0.3) is 5.91 Å². The highest BCUT2D eigenvalue weighted by molar-refractivity contribution is 6.31. The first-order valence-corrected chi connectivity index (χ1v) is 8.98. The van der Waals surface area contributed by atoms with Gasteiger partial charge in [0.05, 0.1) is 12.2 Å². The molecule has 0 saturated carbocycles. The number of aromatic hydroxyl groups is 1. The number of carbonyl (C=O) groups is 1. The van der Waals surface area contributed by atoms with Gasteiger partial charge in [-0.2, -0.15) is 0 Å². The molecule has 1 atom stereocenters. The summed E-state index contributed by atoms with van der Waals surface area (Å²) in [5, 5.41) is 13.0. The second-order valence-electron chi connectivity index (χ2n) is 6.27. The Morgan fingerprint density at radius 2 is 1.85 bits per heavy atom. The first-order chi connectivity index (χ1) is 13.0. The molecule has 0 heterocycles. The summed E-state index contributed by atoms with van der Waals surface area (Å²) in [5.41, 5.74) is 1.90. The summed E-state index contributed by atoms with van der Waals surface area (Å²) in [6.07, 6.45) is 0. The monoisotopic (exact) mass is 381 g/mol. The summed E-state index contributed by atoms with van der Waals surface area (Å²) < 4.78 is 5.87. The lowest BCUT2D eigenvalue weighted by Crippen LogP contribution is -2.12. The van der Waals surface area contributed by atoms with Crippen LogP contribution in [0.25, 0.3) is 0 Å². The molecule has 0 aromatic heterocycles. The van der Waals surface area contributed by atoms with Crippen LogP contribution in [-0.2, 0) is 0 Å². The Labute approximate surface area is 163 Å². The van der Waals surface area contributed by atoms with Crippen LogP contribution in [0.2, 0.25) is 5.02 Å². The van der Waals surface area contributed by atoms with E-state index in [1.165, 1.54) is 23.8 Å². The standard InChI is InChI=1S/C22H20ClNO3/c1-15(16-6-3-2-4-7-16)14-27-19-9-5-8-18(13-19)24-22(26)20-12-17(23)10-11-21(20)25/h2-13,15,25H,14H2,1H3,(H,24,26). The fraction of sp³-hybridized carbons (Fsp3) is 0.136. The number of phenolic OH excluding ortho intramolecular Hbond substituents is 1. The number of rotatable bonds is 6.